The monoisotopic (exact) mass is 321 g/mol. The third-order valence-electron chi connectivity index (χ3n) is 2.73. The van der Waals surface area contributed by atoms with Crippen LogP contribution in [0.5, 0.6) is 5.75 Å². The molecule has 126 valence electrons. The maximum atomic E-state index is 11.5. The first-order chi connectivity index (χ1) is 11.2. The lowest BCUT2D eigenvalue weighted by molar-refractivity contribution is -0.139. The van der Waals surface area contributed by atoms with Crippen molar-refractivity contribution >= 4 is 18.0 Å². The van der Waals surface area contributed by atoms with Gasteiger partial charge in [0.05, 0.1) is 12.8 Å². The maximum absolute atomic E-state index is 11.5. The molecule has 7 nitrogen and oxygen atoms in total. The minimum atomic E-state index is -0.808. The number of methoxy groups -OCH3 is 1. The van der Waals surface area contributed by atoms with Gasteiger partial charge >= 0.3 is 11.8 Å². The smallest absolute Gasteiger partial charge is 0.329 e. The quantitative estimate of drug-likeness (QED) is 0.308. The van der Waals surface area contributed by atoms with Crippen LogP contribution < -0.4 is 15.5 Å². The Morgan fingerprint density at radius 2 is 2.09 bits per heavy atom. The van der Waals surface area contributed by atoms with E-state index in [9.17, 15) is 9.59 Å². The second-order valence-corrected chi connectivity index (χ2v) is 4.72. The molecule has 0 aliphatic heterocycles. The number of hydrogen-bond donors (Lipinski definition) is 2. The number of ether oxygens (including phenoxy) is 2. The molecular weight excluding hydrogens is 298 g/mol. The summed E-state index contributed by atoms with van der Waals surface area (Å²) in [4.78, 5) is 23.0. The lowest BCUT2D eigenvalue weighted by atomic mass is 10.2. The Bertz CT molecular complexity index is 532. The fourth-order valence-corrected chi connectivity index (χ4v) is 1.62. The molecule has 0 radical (unpaired) electrons. The number of amides is 2. The SMILES string of the molecule is CCCOc1cccc(/C=N\NC(=O)C(=O)NCCCOC)c1. The molecule has 7 heteroatoms. The highest BCUT2D eigenvalue weighted by Gasteiger charge is 2.11. The van der Waals surface area contributed by atoms with Crippen LogP contribution in [0.4, 0.5) is 0 Å². The number of carbonyl (C=O) groups excluding carboxylic acids is 2. The van der Waals surface area contributed by atoms with Gasteiger partial charge in [-0.05, 0) is 30.5 Å². The van der Waals surface area contributed by atoms with Crippen LogP contribution in [0.25, 0.3) is 0 Å². The highest BCUT2D eigenvalue weighted by molar-refractivity contribution is 6.35. The Labute approximate surface area is 136 Å². The van der Waals surface area contributed by atoms with Gasteiger partial charge in [0.25, 0.3) is 0 Å². The summed E-state index contributed by atoms with van der Waals surface area (Å²) in [5.41, 5.74) is 2.94. The van der Waals surface area contributed by atoms with E-state index in [1.165, 1.54) is 6.21 Å². The third kappa shape index (κ3) is 7.96. The van der Waals surface area contributed by atoms with Crippen LogP contribution in [0.15, 0.2) is 29.4 Å². The Morgan fingerprint density at radius 1 is 1.26 bits per heavy atom. The van der Waals surface area contributed by atoms with E-state index in [2.05, 4.69) is 15.8 Å². The first-order valence-electron chi connectivity index (χ1n) is 7.50. The molecule has 2 amide bonds. The fourth-order valence-electron chi connectivity index (χ4n) is 1.62. The average Bonchev–Trinajstić information content (AvgIpc) is 2.57. The molecule has 2 N–H and O–H groups in total. The van der Waals surface area contributed by atoms with Crippen molar-refractivity contribution in [3.05, 3.63) is 29.8 Å². The highest BCUT2D eigenvalue weighted by atomic mass is 16.5. The number of benzene rings is 1. The van der Waals surface area contributed by atoms with E-state index in [0.717, 1.165) is 17.7 Å². The summed E-state index contributed by atoms with van der Waals surface area (Å²) in [5, 5.41) is 6.24. The normalized spacial score (nSPS) is 10.5. The van der Waals surface area contributed by atoms with Gasteiger partial charge in [-0.3, -0.25) is 9.59 Å². The largest absolute Gasteiger partial charge is 0.494 e. The van der Waals surface area contributed by atoms with Gasteiger partial charge < -0.3 is 14.8 Å². The molecule has 1 aromatic carbocycles. The zero-order valence-electron chi connectivity index (χ0n) is 13.5. The minimum Gasteiger partial charge on any atom is -0.494 e. The van der Waals surface area contributed by atoms with Crippen LogP contribution in [-0.4, -0.2) is 44.9 Å². The van der Waals surface area contributed by atoms with Crippen molar-refractivity contribution in [2.24, 2.45) is 5.10 Å². The maximum Gasteiger partial charge on any atom is 0.329 e. The first kappa shape index (κ1) is 18.6. The average molecular weight is 321 g/mol. The molecule has 0 spiro atoms. The van der Waals surface area contributed by atoms with Crippen LogP contribution in [0.1, 0.15) is 25.3 Å². The van der Waals surface area contributed by atoms with Gasteiger partial charge in [-0.15, -0.1) is 0 Å². The standard InChI is InChI=1S/C16H23N3O4/c1-3-9-23-14-7-4-6-13(11-14)12-18-19-16(21)15(20)17-8-5-10-22-2/h4,6-7,11-12H,3,5,8-10H2,1-2H3,(H,17,20)(H,19,21)/b18-12-. The van der Waals surface area contributed by atoms with Crippen LogP contribution in [0, 0.1) is 0 Å². The van der Waals surface area contributed by atoms with Gasteiger partial charge in [-0.1, -0.05) is 19.1 Å². The number of nitrogens with one attached hydrogen (secondary N) is 2. The molecule has 0 aliphatic rings. The van der Waals surface area contributed by atoms with Crippen molar-refractivity contribution in [3.8, 4) is 5.75 Å². The van der Waals surface area contributed by atoms with Gasteiger partial charge in [0.1, 0.15) is 5.75 Å². The van der Waals surface area contributed by atoms with E-state index < -0.39 is 11.8 Å². The number of hydrogen-bond acceptors (Lipinski definition) is 5. The second-order valence-electron chi connectivity index (χ2n) is 4.72. The Hall–Kier alpha value is -2.41. The van der Waals surface area contributed by atoms with E-state index in [-0.39, 0.29) is 0 Å². The topological polar surface area (TPSA) is 89.0 Å². The number of nitrogens with zero attached hydrogens (tertiary/aromatic N) is 1. The molecule has 0 aromatic heterocycles. The molecule has 0 saturated carbocycles. The van der Waals surface area contributed by atoms with E-state index >= 15 is 0 Å². The van der Waals surface area contributed by atoms with Crippen LogP contribution in [0.3, 0.4) is 0 Å². The van der Waals surface area contributed by atoms with Crippen molar-refractivity contribution in [2.45, 2.75) is 19.8 Å². The molecule has 0 atom stereocenters. The van der Waals surface area contributed by atoms with Crippen molar-refractivity contribution in [1.82, 2.24) is 10.7 Å². The molecule has 1 aromatic rings. The fraction of sp³-hybridized carbons (Fsp3) is 0.438. The summed E-state index contributed by atoms with van der Waals surface area (Å²) in [5.74, 6) is -0.798. The molecule has 23 heavy (non-hydrogen) atoms. The van der Waals surface area contributed by atoms with Gasteiger partial charge in [0.15, 0.2) is 0 Å². The zero-order chi connectivity index (χ0) is 16.9. The van der Waals surface area contributed by atoms with Gasteiger partial charge in [0, 0.05) is 20.3 Å². The van der Waals surface area contributed by atoms with Crippen LogP contribution in [0.2, 0.25) is 0 Å². The predicted molar refractivity (Wildman–Crippen MR) is 87.5 cm³/mol. The summed E-state index contributed by atoms with van der Waals surface area (Å²) in [6, 6.07) is 7.30. The summed E-state index contributed by atoms with van der Waals surface area (Å²) in [6.45, 7) is 3.57. The number of rotatable bonds is 9. The van der Waals surface area contributed by atoms with Crippen LogP contribution >= 0.6 is 0 Å². The van der Waals surface area contributed by atoms with Crippen molar-refractivity contribution in [3.63, 3.8) is 0 Å². The van der Waals surface area contributed by atoms with Crippen LogP contribution in [-0.2, 0) is 14.3 Å². The zero-order valence-corrected chi connectivity index (χ0v) is 13.5. The summed E-state index contributed by atoms with van der Waals surface area (Å²) in [7, 11) is 1.57. The van der Waals surface area contributed by atoms with E-state index in [0.29, 0.717) is 26.2 Å². The summed E-state index contributed by atoms with van der Waals surface area (Å²) < 4.78 is 10.3. The van der Waals surface area contributed by atoms with Crippen molar-refractivity contribution < 1.29 is 19.1 Å². The third-order valence-corrected chi connectivity index (χ3v) is 2.73. The van der Waals surface area contributed by atoms with Crippen molar-refractivity contribution in [2.75, 3.05) is 26.9 Å². The van der Waals surface area contributed by atoms with Gasteiger partial charge in [-0.25, -0.2) is 5.43 Å². The minimum absolute atomic E-state index is 0.376. The lowest BCUT2D eigenvalue weighted by Gasteiger charge is -2.05. The van der Waals surface area contributed by atoms with Gasteiger partial charge in [0.2, 0.25) is 0 Å². The molecule has 0 saturated heterocycles. The Kier molecular flexibility index (Phi) is 9.07. The van der Waals surface area contributed by atoms with E-state index in [1.807, 2.05) is 25.1 Å². The van der Waals surface area contributed by atoms with E-state index in [1.54, 1.807) is 13.2 Å². The molecule has 0 fully saturated rings. The first-order valence-corrected chi connectivity index (χ1v) is 7.50. The summed E-state index contributed by atoms with van der Waals surface area (Å²) in [6.07, 6.45) is 3.02. The molecule has 0 heterocycles. The predicted octanol–water partition coefficient (Wildman–Crippen LogP) is 1.08. The molecule has 0 aliphatic carbocycles. The van der Waals surface area contributed by atoms with E-state index in [4.69, 9.17) is 9.47 Å². The Morgan fingerprint density at radius 3 is 2.83 bits per heavy atom. The summed E-state index contributed by atoms with van der Waals surface area (Å²) >= 11 is 0. The molecular formula is C16H23N3O4. The Balaban J connectivity index is 2.39. The van der Waals surface area contributed by atoms with Crippen molar-refractivity contribution in [1.29, 1.82) is 0 Å². The molecule has 0 unspecified atom stereocenters. The lowest BCUT2D eigenvalue weighted by Crippen LogP contribution is -2.38. The second kappa shape index (κ2) is 11.2. The number of hydrazone groups is 1. The molecule has 1 rings (SSSR count). The highest BCUT2D eigenvalue weighted by Crippen LogP contribution is 2.12. The number of carbonyl (C=O) groups is 2. The molecule has 0 bridgehead atoms. The van der Waals surface area contributed by atoms with Gasteiger partial charge in [-0.2, -0.15) is 5.10 Å².